The molecule has 0 bridgehead atoms. The number of rotatable bonds is 3. The molecule has 1 aliphatic heterocycles. The fourth-order valence-electron chi connectivity index (χ4n) is 3.26. The number of alkyl halides is 2. The van der Waals surface area contributed by atoms with Gasteiger partial charge in [-0.05, 0) is 23.8 Å². The Morgan fingerprint density at radius 3 is 2.77 bits per heavy atom. The first-order valence-electron chi connectivity index (χ1n) is 8.75. The van der Waals surface area contributed by atoms with Crippen LogP contribution in [0.1, 0.15) is 29.6 Å². The third kappa shape index (κ3) is 3.06. The zero-order valence-electron chi connectivity index (χ0n) is 14.9. The van der Waals surface area contributed by atoms with Crippen LogP contribution in [0.2, 0.25) is 0 Å². The summed E-state index contributed by atoms with van der Waals surface area (Å²) in [7, 11) is 0. The molecule has 0 spiro atoms. The number of carbonyl (C=O) groups is 1. The molecule has 1 aromatic heterocycles. The van der Waals surface area contributed by atoms with Gasteiger partial charge >= 0.3 is 0 Å². The lowest BCUT2D eigenvalue weighted by Gasteiger charge is -2.30. The summed E-state index contributed by atoms with van der Waals surface area (Å²) in [5.41, 5.74) is 7.45. The molecule has 5 nitrogen and oxygen atoms in total. The number of fused-ring (bicyclic) bond motifs is 1. The van der Waals surface area contributed by atoms with Gasteiger partial charge in [-0.3, -0.25) is 4.79 Å². The summed E-state index contributed by atoms with van der Waals surface area (Å²) in [4.78, 5) is 11.6. The number of carbonyl (C=O) groups excluding carboxylic acids is 1. The van der Waals surface area contributed by atoms with E-state index in [2.05, 4.69) is 10.4 Å². The highest BCUT2D eigenvalue weighted by atomic mass is 19.3. The lowest BCUT2D eigenvalue weighted by Crippen LogP contribution is -2.42. The SMILES string of the molecule is [2H][C@@]1(c2ccc(-n3cc4cccc(C(N)=O)c4n3)cc2)CNCC(F)(F)C1. The molecular weight excluding hydrogens is 338 g/mol. The molecular formula is C19H18F2N4O. The van der Waals surface area contributed by atoms with Crippen molar-refractivity contribution in [1.29, 1.82) is 0 Å². The summed E-state index contributed by atoms with van der Waals surface area (Å²) in [5, 5.41) is 7.84. The molecule has 0 saturated carbocycles. The molecule has 1 saturated heterocycles. The number of halogens is 2. The molecule has 1 fully saturated rings. The molecule has 0 aliphatic carbocycles. The number of piperidine rings is 1. The second-order valence-corrected chi connectivity index (χ2v) is 6.47. The maximum Gasteiger partial charge on any atom is 0.260 e. The molecule has 1 atom stereocenters. The quantitative estimate of drug-likeness (QED) is 0.757. The molecule has 4 rings (SSSR count). The first kappa shape index (κ1) is 15.5. The van der Waals surface area contributed by atoms with Crippen LogP contribution < -0.4 is 11.1 Å². The van der Waals surface area contributed by atoms with Gasteiger partial charge in [-0.1, -0.05) is 24.3 Å². The van der Waals surface area contributed by atoms with Crippen molar-refractivity contribution in [3.05, 3.63) is 59.8 Å². The third-order valence-corrected chi connectivity index (χ3v) is 4.54. The summed E-state index contributed by atoms with van der Waals surface area (Å²) in [6.07, 6.45) is 1.25. The molecule has 7 heteroatoms. The number of benzene rings is 2. The largest absolute Gasteiger partial charge is 0.366 e. The molecule has 1 amide bonds. The van der Waals surface area contributed by atoms with Gasteiger partial charge in [0.1, 0.15) is 5.52 Å². The molecule has 0 radical (unpaired) electrons. The number of nitrogens with one attached hydrogen (secondary N) is 1. The Labute approximate surface area is 150 Å². The van der Waals surface area contributed by atoms with E-state index in [1.54, 1.807) is 47.3 Å². The summed E-state index contributed by atoms with van der Waals surface area (Å²) in [5.74, 6) is -4.83. The van der Waals surface area contributed by atoms with Crippen LogP contribution in [0.15, 0.2) is 48.7 Å². The van der Waals surface area contributed by atoms with Crippen molar-refractivity contribution in [3.63, 3.8) is 0 Å². The van der Waals surface area contributed by atoms with E-state index in [1.165, 1.54) is 0 Å². The van der Waals surface area contributed by atoms with E-state index >= 15 is 0 Å². The topological polar surface area (TPSA) is 72.9 Å². The first-order chi connectivity index (χ1) is 12.8. The smallest absolute Gasteiger partial charge is 0.260 e. The molecule has 0 unspecified atom stereocenters. The number of primary amides is 1. The fraction of sp³-hybridized carbons (Fsp3) is 0.263. The average Bonchev–Trinajstić information content (AvgIpc) is 3.04. The van der Waals surface area contributed by atoms with Gasteiger partial charge in [0.2, 0.25) is 0 Å². The normalized spacial score (nSPS) is 22.9. The average molecular weight is 357 g/mol. The zero-order chi connectivity index (χ0) is 19.2. The fourth-order valence-corrected chi connectivity index (χ4v) is 3.26. The van der Waals surface area contributed by atoms with Crippen molar-refractivity contribution in [2.45, 2.75) is 18.2 Å². The van der Waals surface area contributed by atoms with Crippen LogP contribution in [0.3, 0.4) is 0 Å². The Kier molecular flexibility index (Phi) is 3.67. The van der Waals surface area contributed by atoms with E-state index < -0.39 is 30.7 Å². The van der Waals surface area contributed by atoms with Gasteiger partial charge in [0, 0.05) is 31.8 Å². The van der Waals surface area contributed by atoms with E-state index in [0.717, 1.165) is 5.39 Å². The highest BCUT2D eigenvalue weighted by Gasteiger charge is 2.36. The van der Waals surface area contributed by atoms with Crippen LogP contribution >= 0.6 is 0 Å². The third-order valence-electron chi connectivity index (χ3n) is 4.54. The van der Waals surface area contributed by atoms with E-state index in [4.69, 9.17) is 7.10 Å². The van der Waals surface area contributed by atoms with Crippen molar-refractivity contribution in [2.24, 2.45) is 5.73 Å². The van der Waals surface area contributed by atoms with Crippen LogP contribution in [-0.4, -0.2) is 34.7 Å². The molecule has 2 aromatic carbocycles. The molecule has 26 heavy (non-hydrogen) atoms. The maximum absolute atomic E-state index is 13.7. The van der Waals surface area contributed by atoms with Crippen LogP contribution in [-0.2, 0) is 0 Å². The highest BCUT2D eigenvalue weighted by molar-refractivity contribution is 6.04. The standard InChI is InChI=1S/C19H18F2N4O/c20-19(21)8-14(9-23-11-19)12-4-6-15(7-5-12)25-10-13-2-1-3-16(18(22)26)17(13)24-25/h1-7,10,14,23H,8-9,11H2,(H2,22,26)/t14-/m0/s1/i14D. The molecule has 3 N–H and O–H groups in total. The summed E-state index contributed by atoms with van der Waals surface area (Å²) in [6.45, 7) is -0.219. The molecule has 3 aromatic rings. The first-order valence-corrected chi connectivity index (χ1v) is 8.25. The minimum Gasteiger partial charge on any atom is -0.366 e. The van der Waals surface area contributed by atoms with Crippen LogP contribution in [0.25, 0.3) is 16.6 Å². The maximum atomic E-state index is 13.7. The van der Waals surface area contributed by atoms with Gasteiger partial charge in [-0.15, -0.1) is 0 Å². The van der Waals surface area contributed by atoms with Gasteiger partial charge in [0.05, 0.1) is 17.8 Å². The molecule has 134 valence electrons. The van der Waals surface area contributed by atoms with Gasteiger partial charge < -0.3 is 11.1 Å². The Morgan fingerprint density at radius 2 is 2.08 bits per heavy atom. The predicted octanol–water partition coefficient (Wildman–Crippen LogP) is 2.84. The minimum absolute atomic E-state index is 0.176. The lowest BCUT2D eigenvalue weighted by molar-refractivity contribution is -0.0277. The summed E-state index contributed by atoms with van der Waals surface area (Å²) in [6, 6.07) is 12.0. The second-order valence-electron chi connectivity index (χ2n) is 6.47. The predicted molar refractivity (Wildman–Crippen MR) is 94.8 cm³/mol. The minimum atomic E-state index is -2.90. The van der Waals surface area contributed by atoms with Crippen molar-refractivity contribution in [3.8, 4) is 5.69 Å². The summed E-state index contributed by atoms with van der Waals surface area (Å²) >= 11 is 0. The number of hydrogen-bond acceptors (Lipinski definition) is 3. The highest BCUT2D eigenvalue weighted by Crippen LogP contribution is 2.33. The Morgan fingerprint density at radius 1 is 1.31 bits per heavy atom. The van der Waals surface area contributed by atoms with Gasteiger partial charge in [-0.25, -0.2) is 13.5 Å². The lowest BCUT2D eigenvalue weighted by atomic mass is 9.90. The second kappa shape index (κ2) is 6.17. The van der Waals surface area contributed by atoms with E-state index in [0.29, 0.717) is 22.3 Å². The monoisotopic (exact) mass is 357 g/mol. The Hall–Kier alpha value is -2.80. The number of nitrogens with two attached hydrogens (primary N) is 1. The summed E-state index contributed by atoms with van der Waals surface area (Å²) < 4.78 is 37.5. The van der Waals surface area contributed by atoms with Crippen LogP contribution in [0.4, 0.5) is 8.78 Å². The van der Waals surface area contributed by atoms with E-state index in [9.17, 15) is 13.6 Å². The number of hydrogen-bond donors (Lipinski definition) is 2. The van der Waals surface area contributed by atoms with Gasteiger partial charge in [-0.2, -0.15) is 5.10 Å². The van der Waals surface area contributed by atoms with E-state index in [-0.39, 0.29) is 6.54 Å². The van der Waals surface area contributed by atoms with Crippen LogP contribution in [0, 0.1) is 0 Å². The molecule has 2 heterocycles. The van der Waals surface area contributed by atoms with Crippen molar-refractivity contribution in [2.75, 3.05) is 13.1 Å². The number of nitrogens with zero attached hydrogens (tertiary/aromatic N) is 2. The number of aromatic nitrogens is 2. The van der Waals surface area contributed by atoms with Gasteiger partial charge in [0.25, 0.3) is 11.8 Å². The van der Waals surface area contributed by atoms with Crippen molar-refractivity contribution in [1.82, 2.24) is 15.1 Å². The van der Waals surface area contributed by atoms with Crippen LogP contribution in [0.5, 0.6) is 0 Å². The Balaban J connectivity index is 1.68. The Bertz CT molecular complexity index is 1020. The molecule has 1 aliphatic rings. The van der Waals surface area contributed by atoms with Crippen molar-refractivity contribution < 1.29 is 14.9 Å². The van der Waals surface area contributed by atoms with E-state index in [1.807, 2.05) is 6.07 Å². The van der Waals surface area contributed by atoms with Crippen molar-refractivity contribution >= 4 is 16.8 Å². The number of amides is 1. The zero-order valence-corrected chi connectivity index (χ0v) is 13.9. The van der Waals surface area contributed by atoms with Gasteiger partial charge in [0.15, 0.2) is 0 Å².